The molecule has 5 heteroatoms. The minimum absolute atomic E-state index is 0. The first-order valence-electron chi connectivity index (χ1n) is 5.04. The Bertz CT molecular complexity index is 312. The van der Waals surface area contributed by atoms with Crippen LogP contribution in [0.25, 0.3) is 0 Å². The summed E-state index contributed by atoms with van der Waals surface area (Å²) < 4.78 is 28.1. The standard InChI is InChI=1S/C11H13F2NO.ClH/c12-11(13)15-9-5-3-8(4-6-9)10-2-1-7-14-10;/h3-6,10-11,14H,1-2,7H2;1H/t10-;/m1./s1. The molecule has 1 N–H and O–H groups in total. The molecule has 0 aliphatic carbocycles. The summed E-state index contributed by atoms with van der Waals surface area (Å²) in [5, 5.41) is 3.34. The average molecular weight is 250 g/mol. The van der Waals surface area contributed by atoms with E-state index < -0.39 is 6.61 Å². The molecular weight excluding hydrogens is 236 g/mol. The van der Waals surface area contributed by atoms with Crippen LogP contribution in [0.15, 0.2) is 24.3 Å². The van der Waals surface area contributed by atoms with Crippen molar-refractivity contribution < 1.29 is 13.5 Å². The van der Waals surface area contributed by atoms with Gasteiger partial charge >= 0.3 is 6.61 Å². The van der Waals surface area contributed by atoms with Gasteiger partial charge in [0.1, 0.15) is 5.75 Å². The van der Waals surface area contributed by atoms with E-state index in [9.17, 15) is 8.78 Å². The first-order chi connectivity index (χ1) is 7.25. The molecule has 0 unspecified atom stereocenters. The number of hydrogen-bond donors (Lipinski definition) is 1. The van der Waals surface area contributed by atoms with Gasteiger partial charge in [-0.1, -0.05) is 12.1 Å². The Morgan fingerprint density at radius 3 is 2.44 bits per heavy atom. The van der Waals surface area contributed by atoms with Crippen molar-refractivity contribution in [3.63, 3.8) is 0 Å². The van der Waals surface area contributed by atoms with Gasteiger partial charge in [0.25, 0.3) is 0 Å². The van der Waals surface area contributed by atoms with Crippen LogP contribution in [0.1, 0.15) is 24.4 Å². The van der Waals surface area contributed by atoms with Crippen LogP contribution >= 0.6 is 12.4 Å². The van der Waals surface area contributed by atoms with Crippen LogP contribution < -0.4 is 10.1 Å². The summed E-state index contributed by atoms with van der Waals surface area (Å²) in [5.41, 5.74) is 1.13. The summed E-state index contributed by atoms with van der Waals surface area (Å²) in [7, 11) is 0. The SMILES string of the molecule is Cl.FC(F)Oc1ccc([C@H]2CCCN2)cc1. The molecule has 90 valence electrons. The van der Waals surface area contributed by atoms with Gasteiger partial charge in [0.15, 0.2) is 0 Å². The first kappa shape index (κ1) is 13.2. The van der Waals surface area contributed by atoms with Gasteiger partial charge in [-0.15, -0.1) is 12.4 Å². The third-order valence-corrected chi connectivity index (χ3v) is 2.57. The van der Waals surface area contributed by atoms with Crippen molar-refractivity contribution in [3.05, 3.63) is 29.8 Å². The maximum Gasteiger partial charge on any atom is 0.387 e. The van der Waals surface area contributed by atoms with E-state index in [1.165, 1.54) is 6.42 Å². The molecule has 0 amide bonds. The van der Waals surface area contributed by atoms with Gasteiger partial charge in [-0.2, -0.15) is 8.78 Å². The normalized spacial score (nSPS) is 19.6. The number of alkyl halides is 2. The third kappa shape index (κ3) is 3.32. The Hall–Kier alpha value is -0.870. The molecule has 1 aromatic carbocycles. The highest BCUT2D eigenvalue weighted by Gasteiger charge is 2.15. The number of benzene rings is 1. The van der Waals surface area contributed by atoms with Crippen LogP contribution in [0.3, 0.4) is 0 Å². The van der Waals surface area contributed by atoms with Crippen molar-refractivity contribution in [2.75, 3.05) is 6.54 Å². The zero-order valence-electron chi connectivity index (χ0n) is 8.66. The highest BCUT2D eigenvalue weighted by Crippen LogP contribution is 2.25. The van der Waals surface area contributed by atoms with Gasteiger partial charge in [0.05, 0.1) is 0 Å². The molecule has 2 nitrogen and oxygen atoms in total. The topological polar surface area (TPSA) is 21.3 Å². The molecule has 1 aromatic rings. The van der Waals surface area contributed by atoms with Crippen LogP contribution in [0, 0.1) is 0 Å². The quantitative estimate of drug-likeness (QED) is 0.889. The van der Waals surface area contributed by atoms with Crippen molar-refractivity contribution in [1.82, 2.24) is 5.32 Å². The number of ether oxygens (including phenoxy) is 1. The van der Waals surface area contributed by atoms with E-state index in [-0.39, 0.29) is 18.2 Å². The van der Waals surface area contributed by atoms with Gasteiger partial charge in [-0.3, -0.25) is 0 Å². The first-order valence-corrected chi connectivity index (χ1v) is 5.04. The summed E-state index contributed by atoms with van der Waals surface area (Å²) >= 11 is 0. The van der Waals surface area contributed by atoms with Gasteiger partial charge in [-0.05, 0) is 37.1 Å². The Balaban J connectivity index is 0.00000128. The van der Waals surface area contributed by atoms with Crippen LogP contribution in [0.2, 0.25) is 0 Å². The second-order valence-corrected chi connectivity index (χ2v) is 3.60. The second-order valence-electron chi connectivity index (χ2n) is 3.60. The molecule has 2 rings (SSSR count). The van der Waals surface area contributed by atoms with Crippen molar-refractivity contribution in [2.24, 2.45) is 0 Å². The molecule has 16 heavy (non-hydrogen) atoms. The van der Waals surface area contributed by atoms with Gasteiger partial charge in [0.2, 0.25) is 0 Å². The van der Waals surface area contributed by atoms with Crippen molar-refractivity contribution in [1.29, 1.82) is 0 Å². The van der Waals surface area contributed by atoms with E-state index in [1.807, 2.05) is 12.1 Å². The zero-order valence-corrected chi connectivity index (χ0v) is 9.47. The number of hydrogen-bond acceptors (Lipinski definition) is 2. The molecule has 0 spiro atoms. The molecule has 0 bridgehead atoms. The molecule has 1 atom stereocenters. The summed E-state index contributed by atoms with van der Waals surface area (Å²) in [5.74, 6) is 0.215. The lowest BCUT2D eigenvalue weighted by molar-refractivity contribution is -0.0498. The lowest BCUT2D eigenvalue weighted by atomic mass is 10.1. The van der Waals surface area contributed by atoms with Crippen LogP contribution in [0.5, 0.6) is 5.75 Å². The van der Waals surface area contributed by atoms with E-state index in [0.29, 0.717) is 6.04 Å². The van der Waals surface area contributed by atoms with Gasteiger partial charge in [-0.25, -0.2) is 0 Å². The van der Waals surface area contributed by atoms with E-state index in [4.69, 9.17) is 0 Å². The van der Waals surface area contributed by atoms with E-state index in [2.05, 4.69) is 10.1 Å². The number of nitrogens with one attached hydrogen (secondary N) is 1. The molecule has 1 aliphatic heterocycles. The van der Waals surface area contributed by atoms with E-state index in [1.54, 1.807) is 12.1 Å². The molecule has 1 saturated heterocycles. The highest BCUT2D eigenvalue weighted by atomic mass is 35.5. The molecule has 0 radical (unpaired) electrons. The Morgan fingerprint density at radius 2 is 1.94 bits per heavy atom. The van der Waals surface area contributed by atoms with Crippen molar-refractivity contribution in [2.45, 2.75) is 25.5 Å². The molecule has 1 aliphatic rings. The van der Waals surface area contributed by atoms with E-state index in [0.717, 1.165) is 18.5 Å². The summed E-state index contributed by atoms with van der Waals surface area (Å²) in [6.45, 7) is -1.72. The maximum absolute atomic E-state index is 11.9. The van der Waals surface area contributed by atoms with Crippen LogP contribution in [-0.4, -0.2) is 13.2 Å². The lowest BCUT2D eigenvalue weighted by Gasteiger charge is -2.11. The fourth-order valence-electron chi connectivity index (χ4n) is 1.85. The number of rotatable bonds is 3. The fraction of sp³-hybridized carbons (Fsp3) is 0.455. The molecule has 1 fully saturated rings. The fourth-order valence-corrected chi connectivity index (χ4v) is 1.85. The minimum Gasteiger partial charge on any atom is -0.435 e. The van der Waals surface area contributed by atoms with Crippen LogP contribution in [-0.2, 0) is 0 Å². The highest BCUT2D eigenvalue weighted by molar-refractivity contribution is 5.85. The van der Waals surface area contributed by atoms with Gasteiger partial charge in [0, 0.05) is 6.04 Å². The molecular formula is C11H14ClF2NO. The Morgan fingerprint density at radius 1 is 1.25 bits per heavy atom. The monoisotopic (exact) mass is 249 g/mol. The number of halogens is 3. The molecule has 1 heterocycles. The average Bonchev–Trinajstić information content (AvgIpc) is 2.71. The summed E-state index contributed by atoms with van der Waals surface area (Å²) in [6.07, 6.45) is 2.27. The van der Waals surface area contributed by atoms with Crippen molar-refractivity contribution in [3.8, 4) is 5.75 Å². The third-order valence-electron chi connectivity index (χ3n) is 2.57. The summed E-state index contributed by atoms with van der Waals surface area (Å²) in [4.78, 5) is 0. The van der Waals surface area contributed by atoms with Gasteiger partial charge < -0.3 is 10.1 Å². The largest absolute Gasteiger partial charge is 0.435 e. The minimum atomic E-state index is -2.75. The smallest absolute Gasteiger partial charge is 0.387 e. The van der Waals surface area contributed by atoms with Crippen molar-refractivity contribution >= 4 is 12.4 Å². The van der Waals surface area contributed by atoms with Crippen LogP contribution in [0.4, 0.5) is 8.78 Å². The lowest BCUT2D eigenvalue weighted by Crippen LogP contribution is -2.12. The second kappa shape index (κ2) is 6.01. The van der Waals surface area contributed by atoms with E-state index >= 15 is 0 Å². The Labute approximate surface area is 99.4 Å². The molecule has 0 saturated carbocycles. The molecule has 0 aromatic heterocycles. The predicted molar refractivity (Wildman–Crippen MR) is 60.3 cm³/mol. The summed E-state index contributed by atoms with van der Waals surface area (Å²) in [6, 6.07) is 7.20. The maximum atomic E-state index is 11.9. The Kier molecular flexibility index (Phi) is 4.96. The zero-order chi connectivity index (χ0) is 10.7. The predicted octanol–water partition coefficient (Wildman–Crippen LogP) is 3.13.